The number of rotatable bonds is 9. The minimum absolute atomic E-state index is 0.650. The third-order valence-electron chi connectivity index (χ3n) is 2.48. The molecular weight excluding hydrogens is 252 g/mol. The van der Waals surface area contributed by atoms with Gasteiger partial charge in [0.25, 0.3) is 0 Å². The number of ether oxygens (including phenoxy) is 2. The van der Waals surface area contributed by atoms with Gasteiger partial charge >= 0.3 is 0 Å². The minimum Gasteiger partial charge on any atom is -0.397 e. The number of nitrogens with one attached hydrogen (secondary N) is 1. The van der Waals surface area contributed by atoms with Crippen LogP contribution in [0.15, 0.2) is 18.2 Å². The van der Waals surface area contributed by atoms with Crippen molar-refractivity contribution in [2.45, 2.75) is 12.8 Å². The molecule has 0 saturated carbocycles. The van der Waals surface area contributed by atoms with Crippen LogP contribution in [-0.2, 0) is 9.47 Å². The van der Waals surface area contributed by atoms with Crippen molar-refractivity contribution in [1.82, 2.24) is 0 Å². The Bertz CT molecular complexity index is 348. The van der Waals surface area contributed by atoms with Crippen LogP contribution in [0.25, 0.3) is 0 Å². The zero-order chi connectivity index (χ0) is 13.2. The Hall–Kier alpha value is -0.970. The number of halogens is 1. The highest BCUT2D eigenvalue weighted by atomic mass is 35.5. The van der Waals surface area contributed by atoms with Crippen molar-refractivity contribution >= 4 is 23.0 Å². The van der Waals surface area contributed by atoms with Gasteiger partial charge in [-0.05, 0) is 31.0 Å². The first kappa shape index (κ1) is 15.1. The van der Waals surface area contributed by atoms with Crippen LogP contribution in [0.5, 0.6) is 0 Å². The summed E-state index contributed by atoms with van der Waals surface area (Å²) in [5.41, 5.74) is 7.44. The van der Waals surface area contributed by atoms with Crippen LogP contribution in [0, 0.1) is 0 Å². The van der Waals surface area contributed by atoms with Gasteiger partial charge in [0, 0.05) is 25.3 Å². The molecule has 0 saturated heterocycles. The van der Waals surface area contributed by atoms with Crippen LogP contribution in [0.2, 0.25) is 5.02 Å². The fraction of sp³-hybridized carbons (Fsp3) is 0.538. The lowest BCUT2D eigenvalue weighted by molar-refractivity contribution is 0.0691. The topological polar surface area (TPSA) is 56.5 Å². The lowest BCUT2D eigenvalue weighted by Crippen LogP contribution is -2.07. The van der Waals surface area contributed by atoms with E-state index in [0.717, 1.165) is 37.4 Å². The highest BCUT2D eigenvalue weighted by Gasteiger charge is 1.99. The van der Waals surface area contributed by atoms with Gasteiger partial charge in [0.05, 0.1) is 24.6 Å². The smallest absolute Gasteiger partial charge is 0.0700 e. The van der Waals surface area contributed by atoms with Gasteiger partial charge in [-0.25, -0.2) is 0 Å². The number of nitrogens with two attached hydrogens (primary N) is 1. The summed E-state index contributed by atoms with van der Waals surface area (Å²) in [4.78, 5) is 0. The number of nitrogen functional groups attached to an aromatic ring is 1. The number of anilines is 2. The molecule has 0 aliphatic carbocycles. The molecule has 4 nitrogen and oxygen atoms in total. The molecule has 0 atom stereocenters. The van der Waals surface area contributed by atoms with E-state index < -0.39 is 0 Å². The number of methoxy groups -OCH3 is 1. The van der Waals surface area contributed by atoms with Gasteiger partial charge in [0.2, 0.25) is 0 Å². The van der Waals surface area contributed by atoms with Gasteiger partial charge in [-0.15, -0.1) is 0 Å². The molecule has 0 unspecified atom stereocenters. The third-order valence-corrected chi connectivity index (χ3v) is 2.71. The molecule has 0 radical (unpaired) electrons. The van der Waals surface area contributed by atoms with Gasteiger partial charge in [-0.3, -0.25) is 0 Å². The average Bonchev–Trinajstić information content (AvgIpc) is 2.36. The highest BCUT2D eigenvalue weighted by Crippen LogP contribution is 2.22. The normalized spacial score (nSPS) is 10.6. The molecule has 102 valence electrons. The molecule has 0 fully saturated rings. The third kappa shape index (κ3) is 6.10. The number of unbranched alkanes of at least 4 members (excludes halogenated alkanes) is 1. The van der Waals surface area contributed by atoms with Gasteiger partial charge in [-0.1, -0.05) is 11.6 Å². The predicted octanol–water partition coefficient (Wildman–Crippen LogP) is 2.78. The first-order valence-electron chi connectivity index (χ1n) is 6.09. The molecule has 0 aliphatic rings. The van der Waals surface area contributed by atoms with Gasteiger partial charge in [-0.2, -0.15) is 0 Å². The van der Waals surface area contributed by atoms with E-state index in [2.05, 4.69) is 5.32 Å². The quantitative estimate of drug-likeness (QED) is 0.536. The van der Waals surface area contributed by atoms with Gasteiger partial charge in [0.15, 0.2) is 0 Å². The molecule has 0 aromatic heterocycles. The SMILES string of the molecule is COCCOCCCCNc1cc(Cl)ccc1N. The molecule has 0 aliphatic heterocycles. The summed E-state index contributed by atoms with van der Waals surface area (Å²) in [6.07, 6.45) is 2.04. The Morgan fingerprint density at radius 1 is 1.22 bits per heavy atom. The summed E-state index contributed by atoms with van der Waals surface area (Å²) >= 11 is 5.90. The molecule has 3 N–H and O–H groups in total. The summed E-state index contributed by atoms with van der Waals surface area (Å²) in [5.74, 6) is 0. The Labute approximate surface area is 113 Å². The molecule has 1 aromatic carbocycles. The van der Waals surface area contributed by atoms with Crippen molar-refractivity contribution in [1.29, 1.82) is 0 Å². The molecule has 0 heterocycles. The largest absolute Gasteiger partial charge is 0.397 e. The summed E-state index contributed by atoms with van der Waals surface area (Å²) < 4.78 is 10.3. The second-order valence-electron chi connectivity index (χ2n) is 3.97. The second kappa shape index (κ2) is 9.03. The van der Waals surface area contributed by atoms with E-state index in [1.165, 1.54) is 0 Å². The summed E-state index contributed by atoms with van der Waals surface area (Å²) in [7, 11) is 1.67. The van der Waals surface area contributed by atoms with Crippen molar-refractivity contribution in [3.05, 3.63) is 23.2 Å². The molecular formula is C13H21ClN2O2. The Morgan fingerprint density at radius 2 is 2.06 bits per heavy atom. The summed E-state index contributed by atoms with van der Waals surface area (Å²) in [6, 6.07) is 5.43. The van der Waals surface area contributed by atoms with Crippen LogP contribution in [-0.4, -0.2) is 33.5 Å². The predicted molar refractivity (Wildman–Crippen MR) is 76.3 cm³/mol. The maximum atomic E-state index is 5.90. The standard InChI is InChI=1S/C13H21ClN2O2/c1-17-8-9-18-7-3-2-6-16-13-10-11(14)4-5-12(13)15/h4-5,10,16H,2-3,6-9,15H2,1H3. The first-order chi connectivity index (χ1) is 8.74. The van der Waals surface area contributed by atoms with E-state index in [9.17, 15) is 0 Å². The molecule has 1 aromatic rings. The van der Waals surface area contributed by atoms with Gasteiger partial charge in [0.1, 0.15) is 0 Å². The van der Waals surface area contributed by atoms with Crippen LogP contribution >= 0.6 is 11.6 Å². The maximum absolute atomic E-state index is 5.90. The van der Waals surface area contributed by atoms with E-state index in [0.29, 0.717) is 18.2 Å². The number of hydrogen-bond acceptors (Lipinski definition) is 4. The van der Waals surface area contributed by atoms with Crippen molar-refractivity contribution in [3.63, 3.8) is 0 Å². The molecule has 0 amide bonds. The lowest BCUT2D eigenvalue weighted by Gasteiger charge is -2.09. The van der Waals surface area contributed by atoms with Crippen LogP contribution in [0.4, 0.5) is 11.4 Å². The fourth-order valence-corrected chi connectivity index (χ4v) is 1.65. The number of hydrogen-bond donors (Lipinski definition) is 2. The highest BCUT2D eigenvalue weighted by molar-refractivity contribution is 6.31. The molecule has 0 bridgehead atoms. The lowest BCUT2D eigenvalue weighted by atomic mass is 10.2. The van der Waals surface area contributed by atoms with Crippen LogP contribution < -0.4 is 11.1 Å². The Morgan fingerprint density at radius 3 is 2.83 bits per heavy atom. The Balaban J connectivity index is 2.09. The summed E-state index contributed by atoms with van der Waals surface area (Å²) in [6.45, 7) is 2.93. The fourth-order valence-electron chi connectivity index (χ4n) is 1.48. The van der Waals surface area contributed by atoms with E-state index >= 15 is 0 Å². The first-order valence-corrected chi connectivity index (χ1v) is 6.47. The van der Waals surface area contributed by atoms with E-state index in [4.69, 9.17) is 26.8 Å². The van der Waals surface area contributed by atoms with E-state index in [1.807, 2.05) is 6.07 Å². The minimum atomic E-state index is 0.650. The van der Waals surface area contributed by atoms with E-state index in [-0.39, 0.29) is 0 Å². The van der Waals surface area contributed by atoms with Gasteiger partial charge < -0.3 is 20.5 Å². The van der Waals surface area contributed by atoms with Crippen molar-refractivity contribution in [2.24, 2.45) is 0 Å². The zero-order valence-corrected chi connectivity index (χ0v) is 11.5. The van der Waals surface area contributed by atoms with Crippen molar-refractivity contribution in [2.75, 3.05) is 44.5 Å². The molecule has 0 spiro atoms. The van der Waals surface area contributed by atoms with Crippen molar-refractivity contribution < 1.29 is 9.47 Å². The molecule has 5 heteroatoms. The monoisotopic (exact) mass is 272 g/mol. The molecule has 1 rings (SSSR count). The second-order valence-corrected chi connectivity index (χ2v) is 4.41. The van der Waals surface area contributed by atoms with Crippen LogP contribution in [0.1, 0.15) is 12.8 Å². The number of benzene rings is 1. The van der Waals surface area contributed by atoms with Crippen molar-refractivity contribution in [3.8, 4) is 0 Å². The maximum Gasteiger partial charge on any atom is 0.0700 e. The zero-order valence-electron chi connectivity index (χ0n) is 10.7. The van der Waals surface area contributed by atoms with Crippen LogP contribution in [0.3, 0.4) is 0 Å². The Kier molecular flexibility index (Phi) is 7.57. The summed E-state index contributed by atoms with van der Waals surface area (Å²) in [5, 5.41) is 3.96. The molecule has 18 heavy (non-hydrogen) atoms. The van der Waals surface area contributed by atoms with E-state index in [1.54, 1.807) is 19.2 Å². The average molecular weight is 273 g/mol.